The minimum atomic E-state index is -4.65. The average Bonchev–Trinajstić information content (AvgIpc) is 3.11. The van der Waals surface area contributed by atoms with Gasteiger partial charge in [0.2, 0.25) is 0 Å². The van der Waals surface area contributed by atoms with Crippen molar-refractivity contribution in [3.8, 4) is 5.69 Å². The van der Waals surface area contributed by atoms with Crippen LogP contribution in [0.4, 0.5) is 13.2 Å². The first-order valence-corrected chi connectivity index (χ1v) is 8.83. The van der Waals surface area contributed by atoms with Crippen LogP contribution in [0.5, 0.6) is 0 Å². The maximum absolute atomic E-state index is 13.3. The molecule has 2 heterocycles. The number of carbonyl (C=O) groups is 1. The van der Waals surface area contributed by atoms with Crippen LogP contribution in [-0.2, 0) is 6.18 Å². The number of hydrogen-bond donors (Lipinski definition) is 1. The molecule has 1 amide bonds. The maximum atomic E-state index is 13.3. The number of hydrogen-bond acceptors (Lipinski definition) is 4. The van der Waals surface area contributed by atoms with E-state index < -0.39 is 12.0 Å². The van der Waals surface area contributed by atoms with E-state index in [2.05, 4.69) is 17.0 Å². The number of aryl methyl sites for hydroxylation is 1. The lowest BCUT2D eigenvalue weighted by Crippen LogP contribution is -2.51. The predicted molar refractivity (Wildman–Crippen MR) is 93.4 cm³/mol. The van der Waals surface area contributed by atoms with Gasteiger partial charge in [-0.15, -0.1) is 5.10 Å². The minimum absolute atomic E-state index is 0.0962. The molecule has 2 aromatic rings. The largest absolute Gasteiger partial charge is 0.453 e. The van der Waals surface area contributed by atoms with Crippen molar-refractivity contribution in [1.29, 1.82) is 0 Å². The SMILES string of the molecule is Cc1ccc(-n2cnc(C(F)(F)F)n2)c(C(=O)N2CCCC(C)[C@H]2CN)c1. The Labute approximate surface area is 155 Å². The summed E-state index contributed by atoms with van der Waals surface area (Å²) in [7, 11) is 0. The van der Waals surface area contributed by atoms with Gasteiger partial charge in [0.15, 0.2) is 0 Å². The van der Waals surface area contributed by atoms with Crippen LogP contribution in [0.15, 0.2) is 24.5 Å². The van der Waals surface area contributed by atoms with Crippen molar-refractivity contribution in [2.75, 3.05) is 13.1 Å². The quantitative estimate of drug-likeness (QED) is 0.887. The first kappa shape index (κ1) is 19.3. The molecule has 1 aliphatic rings. The van der Waals surface area contributed by atoms with Crippen LogP contribution in [0, 0.1) is 12.8 Å². The van der Waals surface area contributed by atoms with Gasteiger partial charge in [-0.05, 0) is 37.8 Å². The predicted octanol–water partition coefficient (Wildman–Crippen LogP) is 2.79. The van der Waals surface area contributed by atoms with Gasteiger partial charge >= 0.3 is 6.18 Å². The third-order valence-corrected chi connectivity index (χ3v) is 4.99. The van der Waals surface area contributed by atoms with Crippen LogP contribution in [0.2, 0.25) is 0 Å². The highest BCUT2D eigenvalue weighted by atomic mass is 19.4. The highest BCUT2D eigenvalue weighted by Crippen LogP contribution is 2.28. The van der Waals surface area contributed by atoms with E-state index in [1.165, 1.54) is 0 Å². The molecule has 0 radical (unpaired) electrons. The van der Waals surface area contributed by atoms with Gasteiger partial charge in [0.05, 0.1) is 11.3 Å². The second-order valence-corrected chi connectivity index (χ2v) is 6.95. The van der Waals surface area contributed by atoms with Gasteiger partial charge in [-0.3, -0.25) is 4.79 Å². The average molecular weight is 381 g/mol. The number of piperidine rings is 1. The van der Waals surface area contributed by atoms with Gasteiger partial charge in [-0.1, -0.05) is 18.6 Å². The van der Waals surface area contributed by atoms with Crippen LogP contribution in [0.3, 0.4) is 0 Å². The van der Waals surface area contributed by atoms with Crippen molar-refractivity contribution in [3.63, 3.8) is 0 Å². The lowest BCUT2D eigenvalue weighted by molar-refractivity contribution is -0.144. The Morgan fingerprint density at radius 3 is 2.74 bits per heavy atom. The van der Waals surface area contributed by atoms with E-state index >= 15 is 0 Å². The normalized spacial score (nSPS) is 20.7. The summed E-state index contributed by atoms with van der Waals surface area (Å²) in [6.07, 6.45) is -1.81. The Bertz CT molecular complexity index is 833. The van der Waals surface area contributed by atoms with Crippen molar-refractivity contribution in [1.82, 2.24) is 19.7 Å². The number of alkyl halides is 3. The van der Waals surface area contributed by atoms with Crippen molar-refractivity contribution in [2.24, 2.45) is 11.7 Å². The summed E-state index contributed by atoms with van der Waals surface area (Å²) in [5.74, 6) is -1.23. The van der Waals surface area contributed by atoms with E-state index in [-0.39, 0.29) is 23.6 Å². The molecule has 6 nitrogen and oxygen atoms in total. The zero-order valence-electron chi connectivity index (χ0n) is 15.2. The topological polar surface area (TPSA) is 77.0 Å². The molecule has 9 heteroatoms. The summed E-state index contributed by atoms with van der Waals surface area (Å²) in [6.45, 7) is 4.79. The highest BCUT2D eigenvalue weighted by Gasteiger charge is 2.37. The van der Waals surface area contributed by atoms with Gasteiger partial charge in [-0.25, -0.2) is 9.67 Å². The molecule has 1 saturated heterocycles. The van der Waals surface area contributed by atoms with Crippen LogP contribution >= 0.6 is 0 Å². The summed E-state index contributed by atoms with van der Waals surface area (Å²) in [5, 5.41) is 3.51. The zero-order valence-corrected chi connectivity index (χ0v) is 15.2. The zero-order chi connectivity index (χ0) is 19.8. The van der Waals surface area contributed by atoms with Crippen molar-refractivity contribution < 1.29 is 18.0 Å². The molecular formula is C18H22F3N5O. The van der Waals surface area contributed by atoms with E-state index in [0.717, 1.165) is 29.4 Å². The van der Waals surface area contributed by atoms with E-state index in [4.69, 9.17) is 5.73 Å². The number of rotatable bonds is 3. The van der Waals surface area contributed by atoms with Gasteiger partial charge < -0.3 is 10.6 Å². The molecule has 0 aliphatic carbocycles. The van der Waals surface area contributed by atoms with Gasteiger partial charge in [0.1, 0.15) is 6.33 Å². The molecule has 0 saturated carbocycles. The molecule has 0 spiro atoms. The first-order chi connectivity index (χ1) is 12.7. The van der Waals surface area contributed by atoms with Crippen LogP contribution in [0.1, 0.15) is 41.5 Å². The molecule has 1 fully saturated rings. The van der Waals surface area contributed by atoms with Gasteiger partial charge in [-0.2, -0.15) is 13.2 Å². The Hall–Kier alpha value is -2.42. The first-order valence-electron chi connectivity index (χ1n) is 8.83. The molecule has 2 atom stereocenters. The second-order valence-electron chi connectivity index (χ2n) is 6.95. The molecule has 2 N–H and O–H groups in total. The highest BCUT2D eigenvalue weighted by molar-refractivity contribution is 5.98. The summed E-state index contributed by atoms with van der Waals surface area (Å²) in [4.78, 5) is 18.3. The molecule has 1 aliphatic heterocycles. The number of carbonyl (C=O) groups excluding carboxylic acids is 1. The number of halogens is 3. The van der Waals surface area contributed by atoms with Crippen molar-refractivity contribution >= 4 is 5.91 Å². The fourth-order valence-corrected chi connectivity index (χ4v) is 3.55. The smallest absolute Gasteiger partial charge is 0.334 e. The molecule has 1 aromatic carbocycles. The number of nitrogens with two attached hydrogens (primary N) is 1. The summed E-state index contributed by atoms with van der Waals surface area (Å²) < 4.78 is 39.5. The Balaban J connectivity index is 2.01. The maximum Gasteiger partial charge on any atom is 0.453 e. The molecule has 0 bridgehead atoms. The number of benzene rings is 1. The lowest BCUT2D eigenvalue weighted by atomic mass is 9.90. The molecule has 1 aromatic heterocycles. The van der Waals surface area contributed by atoms with Crippen molar-refractivity contribution in [3.05, 3.63) is 41.5 Å². The molecular weight excluding hydrogens is 359 g/mol. The van der Waals surface area contributed by atoms with Crippen molar-refractivity contribution in [2.45, 2.75) is 38.9 Å². The summed E-state index contributed by atoms with van der Waals surface area (Å²) >= 11 is 0. The molecule has 146 valence electrons. The molecule has 1 unspecified atom stereocenters. The Morgan fingerprint density at radius 1 is 1.37 bits per heavy atom. The van der Waals surface area contributed by atoms with Crippen LogP contribution in [0.25, 0.3) is 5.69 Å². The third kappa shape index (κ3) is 3.83. The number of nitrogens with zero attached hydrogens (tertiary/aromatic N) is 4. The molecule has 27 heavy (non-hydrogen) atoms. The third-order valence-electron chi connectivity index (χ3n) is 4.99. The van der Waals surface area contributed by atoms with E-state index in [9.17, 15) is 18.0 Å². The van der Waals surface area contributed by atoms with Gasteiger partial charge in [0, 0.05) is 19.1 Å². The summed E-state index contributed by atoms with van der Waals surface area (Å²) in [5.41, 5.74) is 7.27. The fourth-order valence-electron chi connectivity index (χ4n) is 3.55. The fraction of sp³-hybridized carbons (Fsp3) is 0.500. The monoisotopic (exact) mass is 381 g/mol. The van der Waals surface area contributed by atoms with Crippen LogP contribution in [-0.4, -0.2) is 44.7 Å². The standard InChI is InChI=1S/C18H22F3N5O/c1-11-5-6-14(26-10-23-17(24-26)18(19,20)21)13(8-11)16(27)25-7-3-4-12(2)15(25)9-22/h5-6,8,10,12,15H,3-4,7,9,22H2,1-2H3/t12?,15-/m1/s1. The van der Waals surface area contributed by atoms with Gasteiger partial charge in [0.25, 0.3) is 11.7 Å². The van der Waals surface area contributed by atoms with E-state index in [1.807, 2.05) is 6.92 Å². The summed E-state index contributed by atoms with van der Waals surface area (Å²) in [6, 6.07) is 4.88. The number of likely N-dealkylation sites (tertiary alicyclic amines) is 1. The Morgan fingerprint density at radius 2 is 2.11 bits per heavy atom. The minimum Gasteiger partial charge on any atom is -0.334 e. The number of aromatic nitrogens is 3. The van der Waals surface area contributed by atoms with E-state index in [0.29, 0.717) is 18.7 Å². The van der Waals surface area contributed by atoms with Crippen LogP contribution < -0.4 is 5.73 Å². The Kier molecular flexibility index (Phi) is 5.23. The second kappa shape index (κ2) is 7.30. The molecule has 3 rings (SSSR count). The lowest BCUT2D eigenvalue weighted by Gasteiger charge is -2.39. The number of amides is 1. The van der Waals surface area contributed by atoms with E-state index in [1.54, 1.807) is 23.1 Å².